The third-order valence-corrected chi connectivity index (χ3v) is 9.08. The number of piperidine rings is 2. The second-order valence-electron chi connectivity index (χ2n) is 12.0. The van der Waals surface area contributed by atoms with Gasteiger partial charge in [-0.25, -0.2) is 4.98 Å². The number of nitrogens with zero attached hydrogens (tertiary/aromatic N) is 4. The third-order valence-electron chi connectivity index (χ3n) is 8.80. The van der Waals surface area contributed by atoms with Crippen molar-refractivity contribution in [3.63, 3.8) is 0 Å². The molecule has 1 atom stereocenters. The maximum atomic E-state index is 12.7. The summed E-state index contributed by atoms with van der Waals surface area (Å²) >= 11 is 6.53. The van der Waals surface area contributed by atoms with Crippen LogP contribution in [0.2, 0.25) is 5.02 Å². The number of carbonyl (C=O) groups excluding carboxylic acids is 1. The summed E-state index contributed by atoms with van der Waals surface area (Å²) in [4.78, 5) is 35.9. The molecule has 0 bridgehead atoms. The average Bonchev–Trinajstić information content (AvgIpc) is 3.09. The summed E-state index contributed by atoms with van der Waals surface area (Å²) in [6.07, 6.45) is 6.09. The van der Waals surface area contributed by atoms with E-state index in [1.807, 2.05) is 18.2 Å². The van der Waals surface area contributed by atoms with Gasteiger partial charge in [0.15, 0.2) is 18.2 Å². The fraction of sp³-hybridized carbons (Fsp3) is 0.412. The Labute approximate surface area is 273 Å². The maximum absolute atomic E-state index is 12.7. The van der Waals surface area contributed by atoms with Gasteiger partial charge in [0.25, 0.3) is 11.5 Å². The Bertz CT molecular complexity index is 1740. The van der Waals surface area contributed by atoms with Crippen molar-refractivity contribution in [1.29, 1.82) is 0 Å². The van der Waals surface area contributed by atoms with Crippen LogP contribution in [-0.4, -0.2) is 66.9 Å². The minimum atomic E-state index is -0.323. The molecule has 0 radical (unpaired) electrons. The number of halogens is 1. The molecule has 46 heavy (non-hydrogen) atoms. The number of pyridine rings is 1. The second-order valence-corrected chi connectivity index (χ2v) is 12.4. The molecule has 242 valence electrons. The molecule has 12 heteroatoms. The zero-order valence-corrected chi connectivity index (χ0v) is 27.0. The molecule has 2 aromatic carbocycles. The largest absolute Gasteiger partial charge is 0.493 e. The minimum Gasteiger partial charge on any atom is -0.493 e. The molecule has 2 saturated heterocycles. The first-order chi connectivity index (χ1) is 22.4. The molecule has 1 amide bonds. The SMILES string of the molecule is CNC(=O)COc1cc2cc(Nc3nc(N4CCCC(COc5ccc(C6CCNCC6)cc5)C4)ncc3Cl)ccc2n(C)c1=O. The molecule has 4 heterocycles. The minimum absolute atomic E-state index is 0.0935. The Morgan fingerprint density at radius 1 is 1.09 bits per heavy atom. The van der Waals surface area contributed by atoms with E-state index in [1.165, 1.54) is 30.0 Å². The van der Waals surface area contributed by atoms with Crippen LogP contribution in [0.15, 0.2) is 59.5 Å². The molecule has 2 aliphatic rings. The number of likely N-dealkylation sites (N-methyl/N-ethyl adjacent to an activating group) is 1. The molecule has 0 aliphatic carbocycles. The summed E-state index contributed by atoms with van der Waals surface area (Å²) < 4.78 is 13.2. The lowest BCUT2D eigenvalue weighted by Gasteiger charge is -2.32. The van der Waals surface area contributed by atoms with Gasteiger partial charge in [-0.05, 0) is 86.7 Å². The zero-order valence-electron chi connectivity index (χ0n) is 26.2. The Morgan fingerprint density at radius 2 is 1.89 bits per heavy atom. The highest BCUT2D eigenvalue weighted by Crippen LogP contribution is 2.30. The Kier molecular flexibility index (Phi) is 9.89. The lowest BCUT2D eigenvalue weighted by atomic mass is 9.90. The van der Waals surface area contributed by atoms with Crippen LogP contribution in [0.1, 0.15) is 37.2 Å². The highest BCUT2D eigenvalue weighted by Gasteiger charge is 2.24. The fourth-order valence-corrected chi connectivity index (χ4v) is 6.31. The van der Waals surface area contributed by atoms with Gasteiger partial charge in [-0.2, -0.15) is 4.98 Å². The van der Waals surface area contributed by atoms with Crippen molar-refractivity contribution in [2.45, 2.75) is 31.6 Å². The normalized spacial score (nSPS) is 17.1. The van der Waals surface area contributed by atoms with Gasteiger partial charge in [0.2, 0.25) is 5.95 Å². The molecule has 2 aliphatic heterocycles. The van der Waals surface area contributed by atoms with Gasteiger partial charge in [0, 0.05) is 44.2 Å². The molecule has 1 unspecified atom stereocenters. The lowest BCUT2D eigenvalue weighted by molar-refractivity contribution is -0.122. The summed E-state index contributed by atoms with van der Waals surface area (Å²) in [5.74, 6) is 2.75. The van der Waals surface area contributed by atoms with Crippen LogP contribution in [0, 0.1) is 5.92 Å². The number of anilines is 3. The van der Waals surface area contributed by atoms with Crippen molar-refractivity contribution in [2.24, 2.45) is 13.0 Å². The second kappa shape index (κ2) is 14.4. The van der Waals surface area contributed by atoms with Gasteiger partial charge in [-0.3, -0.25) is 9.59 Å². The number of fused-ring (bicyclic) bond motifs is 1. The van der Waals surface area contributed by atoms with Crippen LogP contribution >= 0.6 is 11.6 Å². The number of carbonyl (C=O) groups is 1. The van der Waals surface area contributed by atoms with Crippen LogP contribution < -0.4 is 35.9 Å². The van der Waals surface area contributed by atoms with E-state index in [4.69, 9.17) is 26.1 Å². The Hall–Kier alpha value is -4.35. The first-order valence-electron chi connectivity index (χ1n) is 15.8. The molecular weight excluding hydrogens is 606 g/mol. The van der Waals surface area contributed by atoms with Gasteiger partial charge in [-0.15, -0.1) is 0 Å². The number of amides is 1. The smallest absolute Gasteiger partial charge is 0.293 e. The maximum Gasteiger partial charge on any atom is 0.293 e. The van der Waals surface area contributed by atoms with E-state index in [2.05, 4.69) is 50.1 Å². The number of hydrogen-bond donors (Lipinski definition) is 3. The zero-order chi connectivity index (χ0) is 32.0. The fourth-order valence-electron chi connectivity index (χ4n) is 6.17. The number of ether oxygens (including phenoxy) is 2. The van der Waals surface area contributed by atoms with E-state index in [-0.39, 0.29) is 23.8 Å². The van der Waals surface area contributed by atoms with Gasteiger partial charge >= 0.3 is 0 Å². The molecule has 6 rings (SSSR count). The van der Waals surface area contributed by atoms with Crippen molar-refractivity contribution in [3.8, 4) is 11.5 Å². The van der Waals surface area contributed by atoms with Crippen molar-refractivity contribution < 1.29 is 14.3 Å². The predicted octanol–water partition coefficient (Wildman–Crippen LogP) is 4.61. The summed E-state index contributed by atoms with van der Waals surface area (Å²) in [6, 6.07) is 15.8. The number of benzene rings is 2. The van der Waals surface area contributed by atoms with E-state index >= 15 is 0 Å². The molecule has 3 N–H and O–H groups in total. The number of hydrogen-bond acceptors (Lipinski definition) is 9. The molecule has 11 nitrogen and oxygen atoms in total. The van der Waals surface area contributed by atoms with Crippen LogP contribution in [0.5, 0.6) is 11.5 Å². The summed E-state index contributed by atoms with van der Waals surface area (Å²) in [5.41, 5.74) is 2.52. The molecule has 2 fully saturated rings. The molecule has 0 saturated carbocycles. The number of nitrogens with one attached hydrogen (secondary N) is 3. The Balaban J connectivity index is 1.11. The average molecular weight is 646 g/mol. The molecule has 4 aromatic rings. The van der Waals surface area contributed by atoms with Gasteiger partial charge < -0.3 is 34.9 Å². The van der Waals surface area contributed by atoms with Crippen LogP contribution in [0.3, 0.4) is 0 Å². The molecule has 2 aromatic heterocycles. The van der Waals surface area contributed by atoms with E-state index in [0.29, 0.717) is 35.2 Å². The molecular formula is C34H40ClN7O4. The predicted molar refractivity (Wildman–Crippen MR) is 181 cm³/mol. The summed E-state index contributed by atoms with van der Waals surface area (Å²) in [5, 5.41) is 10.4. The highest BCUT2D eigenvalue weighted by molar-refractivity contribution is 6.32. The standard InChI is InChI=1S/C34H40ClN7O4/c1-36-31(43)21-46-30-17-25-16-26(7-10-29(25)41(2)33(30)44)39-32-28(35)18-38-34(40-32)42-15-3-4-22(19-42)20-45-27-8-5-23(6-9-27)24-11-13-37-14-12-24/h5-10,16-18,22,24,37H,3-4,11-15,19-21H2,1-2H3,(H,36,43)(H,38,39,40). The van der Waals surface area contributed by atoms with Gasteiger partial charge in [0.1, 0.15) is 10.8 Å². The first-order valence-corrected chi connectivity index (χ1v) is 16.2. The lowest BCUT2D eigenvalue weighted by Crippen LogP contribution is -2.38. The van der Waals surface area contributed by atoms with Gasteiger partial charge in [-0.1, -0.05) is 23.7 Å². The number of aromatic nitrogens is 3. The third kappa shape index (κ3) is 7.37. The summed E-state index contributed by atoms with van der Waals surface area (Å²) in [7, 11) is 3.18. The van der Waals surface area contributed by atoms with Crippen molar-refractivity contribution in [3.05, 3.63) is 75.7 Å². The molecule has 0 spiro atoms. The number of rotatable bonds is 10. The van der Waals surface area contributed by atoms with Crippen LogP contribution in [0.4, 0.5) is 17.5 Å². The van der Waals surface area contributed by atoms with Gasteiger partial charge in [0.05, 0.1) is 18.3 Å². The first kappa shape index (κ1) is 31.6. The van der Waals surface area contributed by atoms with Crippen molar-refractivity contribution in [1.82, 2.24) is 25.2 Å². The van der Waals surface area contributed by atoms with E-state index < -0.39 is 0 Å². The van der Waals surface area contributed by atoms with Crippen LogP contribution in [-0.2, 0) is 11.8 Å². The van der Waals surface area contributed by atoms with E-state index in [1.54, 1.807) is 19.3 Å². The van der Waals surface area contributed by atoms with E-state index in [0.717, 1.165) is 61.4 Å². The summed E-state index contributed by atoms with van der Waals surface area (Å²) in [6.45, 7) is 4.20. The van der Waals surface area contributed by atoms with E-state index in [9.17, 15) is 9.59 Å². The van der Waals surface area contributed by atoms with Crippen molar-refractivity contribution in [2.75, 3.05) is 56.7 Å². The monoisotopic (exact) mass is 645 g/mol. The highest BCUT2D eigenvalue weighted by atomic mass is 35.5. The Morgan fingerprint density at radius 3 is 2.67 bits per heavy atom. The quantitative estimate of drug-likeness (QED) is 0.227. The van der Waals surface area contributed by atoms with Crippen LogP contribution in [0.25, 0.3) is 10.9 Å². The number of aryl methyl sites for hydroxylation is 1. The topological polar surface area (TPSA) is 123 Å². The van der Waals surface area contributed by atoms with Crippen molar-refractivity contribution >= 4 is 45.9 Å².